The molecule has 0 atom stereocenters. The lowest BCUT2D eigenvalue weighted by molar-refractivity contribution is 0.471. The molecule has 22 heavy (non-hydrogen) atoms. The van der Waals surface area contributed by atoms with Crippen molar-refractivity contribution in [2.75, 3.05) is 0 Å². The molecule has 0 saturated heterocycles. The molecular formula is C15H11ClN2O2S2. The van der Waals surface area contributed by atoms with Crippen LogP contribution in [0.25, 0.3) is 15.9 Å². The summed E-state index contributed by atoms with van der Waals surface area (Å²) in [6.45, 7) is 0. The SMILES string of the molecule is O=c1c2c3c(sc2[nH]c(=S)n1-c1cc(Cl)ccc1O)CCC3. The van der Waals surface area contributed by atoms with Crippen molar-refractivity contribution in [1.29, 1.82) is 0 Å². The molecule has 0 fully saturated rings. The van der Waals surface area contributed by atoms with Crippen LogP contribution in [0.2, 0.25) is 5.02 Å². The minimum atomic E-state index is -0.198. The number of halogens is 1. The molecule has 0 spiro atoms. The summed E-state index contributed by atoms with van der Waals surface area (Å²) in [6.07, 6.45) is 3.00. The van der Waals surface area contributed by atoms with Crippen LogP contribution >= 0.6 is 35.2 Å². The van der Waals surface area contributed by atoms with Crippen LogP contribution in [0.1, 0.15) is 16.9 Å². The van der Waals surface area contributed by atoms with Crippen molar-refractivity contribution in [2.24, 2.45) is 0 Å². The van der Waals surface area contributed by atoms with E-state index in [1.807, 2.05) is 0 Å². The Kier molecular flexibility index (Phi) is 3.14. The third-order valence-corrected chi connectivity index (χ3v) is 5.67. The van der Waals surface area contributed by atoms with Gasteiger partial charge in [-0.05, 0) is 55.2 Å². The fourth-order valence-electron chi connectivity index (χ4n) is 2.97. The summed E-state index contributed by atoms with van der Waals surface area (Å²) in [7, 11) is 0. The number of fused-ring (bicyclic) bond motifs is 3. The highest BCUT2D eigenvalue weighted by atomic mass is 35.5. The van der Waals surface area contributed by atoms with Gasteiger partial charge >= 0.3 is 0 Å². The summed E-state index contributed by atoms with van der Waals surface area (Å²) < 4.78 is 1.58. The van der Waals surface area contributed by atoms with Gasteiger partial charge in [0, 0.05) is 9.90 Å². The molecule has 0 saturated carbocycles. The summed E-state index contributed by atoms with van der Waals surface area (Å²) in [5.74, 6) is -0.0303. The van der Waals surface area contributed by atoms with Crippen LogP contribution in [0, 0.1) is 4.77 Å². The quantitative estimate of drug-likeness (QED) is 0.653. The van der Waals surface area contributed by atoms with Gasteiger partial charge < -0.3 is 10.1 Å². The minimum absolute atomic E-state index is 0.0303. The summed E-state index contributed by atoms with van der Waals surface area (Å²) >= 11 is 12.9. The maximum absolute atomic E-state index is 13.0. The predicted octanol–water partition coefficient (Wildman–Crippen LogP) is 3.96. The molecule has 0 aliphatic heterocycles. The number of aryl methyl sites for hydroxylation is 2. The number of thiophene rings is 1. The van der Waals surface area contributed by atoms with Crippen LogP contribution in [0.4, 0.5) is 0 Å². The average Bonchev–Trinajstić information content (AvgIpc) is 3.02. The molecule has 2 aromatic heterocycles. The molecule has 0 amide bonds. The van der Waals surface area contributed by atoms with E-state index < -0.39 is 0 Å². The second kappa shape index (κ2) is 4.94. The number of phenols is 1. The lowest BCUT2D eigenvalue weighted by Crippen LogP contribution is -2.20. The molecule has 112 valence electrons. The molecular weight excluding hydrogens is 340 g/mol. The molecule has 1 aliphatic rings. The fraction of sp³-hybridized carbons (Fsp3) is 0.200. The van der Waals surface area contributed by atoms with Crippen molar-refractivity contribution < 1.29 is 5.11 Å². The summed E-state index contributed by atoms with van der Waals surface area (Å²) in [5.41, 5.74) is 1.22. The number of phenolic OH excluding ortho intramolecular Hbond substituents is 1. The number of benzene rings is 1. The maximum atomic E-state index is 13.0. The van der Waals surface area contributed by atoms with Gasteiger partial charge in [-0.2, -0.15) is 0 Å². The van der Waals surface area contributed by atoms with E-state index in [0.29, 0.717) is 16.1 Å². The summed E-state index contributed by atoms with van der Waals surface area (Å²) in [4.78, 5) is 18.2. The van der Waals surface area contributed by atoms with Gasteiger partial charge in [0.1, 0.15) is 10.6 Å². The summed E-state index contributed by atoms with van der Waals surface area (Å²) in [6, 6.07) is 4.57. The number of nitrogens with one attached hydrogen (secondary N) is 1. The van der Waals surface area contributed by atoms with Crippen LogP contribution in [-0.4, -0.2) is 14.7 Å². The van der Waals surface area contributed by atoms with Gasteiger partial charge in [0.05, 0.1) is 11.1 Å². The van der Waals surface area contributed by atoms with Crippen molar-refractivity contribution in [3.05, 3.63) is 48.8 Å². The minimum Gasteiger partial charge on any atom is -0.506 e. The van der Waals surface area contributed by atoms with E-state index in [1.54, 1.807) is 23.5 Å². The highest BCUT2D eigenvalue weighted by molar-refractivity contribution is 7.71. The van der Waals surface area contributed by atoms with Gasteiger partial charge in [0.15, 0.2) is 4.77 Å². The second-order valence-corrected chi connectivity index (χ2v) is 7.19. The number of hydrogen-bond donors (Lipinski definition) is 2. The van der Waals surface area contributed by atoms with Crippen LogP contribution in [-0.2, 0) is 12.8 Å². The number of H-pyrrole nitrogens is 1. The number of aromatic hydroxyl groups is 1. The normalized spacial score (nSPS) is 13.7. The number of nitrogens with zero attached hydrogens (tertiary/aromatic N) is 1. The molecule has 0 radical (unpaired) electrons. The van der Waals surface area contributed by atoms with E-state index in [4.69, 9.17) is 23.8 Å². The Labute approximate surface area is 139 Å². The number of rotatable bonds is 1. The van der Waals surface area contributed by atoms with Gasteiger partial charge in [-0.3, -0.25) is 4.79 Å². The smallest absolute Gasteiger partial charge is 0.268 e. The van der Waals surface area contributed by atoms with E-state index in [-0.39, 0.29) is 16.1 Å². The molecule has 0 unspecified atom stereocenters. The first-order chi connectivity index (χ1) is 10.6. The van der Waals surface area contributed by atoms with E-state index in [0.717, 1.165) is 29.7 Å². The zero-order valence-corrected chi connectivity index (χ0v) is 13.7. The topological polar surface area (TPSA) is 58.0 Å². The molecule has 7 heteroatoms. The Balaban J connectivity index is 2.13. The van der Waals surface area contributed by atoms with Crippen molar-refractivity contribution in [3.63, 3.8) is 0 Å². The first kappa shape index (κ1) is 14.0. The number of aromatic amines is 1. The molecule has 0 bridgehead atoms. The van der Waals surface area contributed by atoms with E-state index in [2.05, 4.69) is 4.98 Å². The highest BCUT2D eigenvalue weighted by Gasteiger charge is 2.22. The Morgan fingerprint density at radius 3 is 3.00 bits per heavy atom. The second-order valence-electron chi connectivity index (χ2n) is 5.27. The largest absolute Gasteiger partial charge is 0.506 e. The van der Waals surface area contributed by atoms with Gasteiger partial charge in [0.2, 0.25) is 0 Å². The van der Waals surface area contributed by atoms with Crippen LogP contribution in [0.15, 0.2) is 23.0 Å². The van der Waals surface area contributed by atoms with Crippen molar-refractivity contribution in [2.45, 2.75) is 19.3 Å². The Bertz CT molecular complexity index is 1030. The zero-order chi connectivity index (χ0) is 15.4. The van der Waals surface area contributed by atoms with Crippen LogP contribution in [0.5, 0.6) is 5.75 Å². The first-order valence-electron chi connectivity index (χ1n) is 6.85. The first-order valence-corrected chi connectivity index (χ1v) is 8.45. The molecule has 1 aliphatic carbocycles. The Morgan fingerprint density at radius 1 is 1.36 bits per heavy atom. The molecule has 3 aromatic rings. The maximum Gasteiger partial charge on any atom is 0.268 e. The van der Waals surface area contributed by atoms with Crippen molar-refractivity contribution in [3.8, 4) is 11.4 Å². The molecule has 2 N–H and O–H groups in total. The van der Waals surface area contributed by atoms with Gasteiger partial charge in [-0.1, -0.05) is 11.6 Å². The average molecular weight is 351 g/mol. The van der Waals surface area contributed by atoms with Crippen molar-refractivity contribution in [1.82, 2.24) is 9.55 Å². The fourth-order valence-corrected chi connectivity index (χ4v) is 4.76. The number of aromatic nitrogens is 2. The summed E-state index contributed by atoms with van der Waals surface area (Å²) in [5, 5.41) is 11.2. The zero-order valence-electron chi connectivity index (χ0n) is 11.4. The lowest BCUT2D eigenvalue weighted by Gasteiger charge is -2.09. The highest BCUT2D eigenvalue weighted by Crippen LogP contribution is 2.35. The standard InChI is InChI=1S/C15H11ClN2O2S2/c16-7-4-5-10(19)9(6-7)18-14(20)12-8-2-1-3-11(8)22-13(12)17-15(18)21/h4-6,19H,1-3H2,(H,17,21). The number of hydrogen-bond acceptors (Lipinski definition) is 4. The van der Waals surface area contributed by atoms with Crippen molar-refractivity contribution >= 4 is 45.4 Å². The predicted molar refractivity (Wildman–Crippen MR) is 91.3 cm³/mol. The van der Waals surface area contributed by atoms with E-state index in [1.165, 1.54) is 15.5 Å². The molecule has 2 heterocycles. The Morgan fingerprint density at radius 2 is 2.18 bits per heavy atom. The monoisotopic (exact) mass is 350 g/mol. The van der Waals surface area contributed by atoms with Crippen LogP contribution < -0.4 is 5.56 Å². The third kappa shape index (κ3) is 1.95. The van der Waals surface area contributed by atoms with Gasteiger partial charge in [0.25, 0.3) is 5.56 Å². The Hall–Kier alpha value is -1.63. The third-order valence-electron chi connectivity index (χ3n) is 3.94. The van der Waals surface area contributed by atoms with Gasteiger partial charge in [-0.25, -0.2) is 4.57 Å². The molecule has 4 rings (SSSR count). The molecule has 4 nitrogen and oxygen atoms in total. The van der Waals surface area contributed by atoms with Crippen LogP contribution in [0.3, 0.4) is 0 Å². The molecule has 1 aromatic carbocycles. The van der Waals surface area contributed by atoms with Gasteiger partial charge in [-0.15, -0.1) is 11.3 Å². The van der Waals surface area contributed by atoms with E-state index >= 15 is 0 Å². The van der Waals surface area contributed by atoms with E-state index in [9.17, 15) is 9.90 Å². The lowest BCUT2D eigenvalue weighted by atomic mass is 10.2.